The van der Waals surface area contributed by atoms with Gasteiger partial charge in [-0.1, -0.05) is 106 Å². The predicted octanol–water partition coefficient (Wildman–Crippen LogP) is 10.0. The van der Waals surface area contributed by atoms with Crippen LogP contribution in [-0.2, 0) is 65.3 Å². The van der Waals surface area contributed by atoms with E-state index in [1.54, 1.807) is 57.3 Å². The number of carbonyl (C=O) groups is 8. The molecule has 0 spiro atoms. The maximum atomic E-state index is 14.5. The van der Waals surface area contributed by atoms with Crippen LogP contribution in [0.3, 0.4) is 0 Å². The van der Waals surface area contributed by atoms with Gasteiger partial charge in [0.25, 0.3) is 0 Å². The van der Waals surface area contributed by atoms with Crippen molar-refractivity contribution in [3.8, 4) is 0 Å². The van der Waals surface area contributed by atoms with Crippen LogP contribution in [-0.4, -0.2) is 136 Å². The van der Waals surface area contributed by atoms with Gasteiger partial charge < -0.3 is 50.1 Å². The number of fused-ring (bicyclic) bond motifs is 6. The van der Waals surface area contributed by atoms with Crippen molar-refractivity contribution in [2.45, 2.75) is 180 Å². The number of primary amides is 1. The summed E-state index contributed by atoms with van der Waals surface area (Å²) in [4.78, 5) is 114. The molecule has 476 valence electrons. The smallest absolute Gasteiger partial charge is 0.412 e. The van der Waals surface area contributed by atoms with Gasteiger partial charge in [-0.25, -0.2) is 9.59 Å². The van der Waals surface area contributed by atoms with Crippen LogP contribution in [0.15, 0.2) is 66.4 Å². The van der Waals surface area contributed by atoms with Crippen molar-refractivity contribution in [3.63, 3.8) is 0 Å². The lowest BCUT2D eigenvalue weighted by molar-refractivity contribution is -0.187. The summed E-state index contributed by atoms with van der Waals surface area (Å²) in [6.45, 7) is 14.8. The molecule has 5 amide bonds. The van der Waals surface area contributed by atoms with E-state index in [4.69, 9.17) is 41.0 Å². The van der Waals surface area contributed by atoms with Crippen LogP contribution in [0.4, 0.5) is 21.0 Å². The standard InChI is InChI=1S/C64H85Br2ClN6O14/c1-36(2)45(30-43(74)17-11-12-23-62(6,7)87-59(79)42(34-65)35-66)58(78)71-46(19-15-25-70-60(68)80)49(75)29-41-21-22-47(56-44(41)18-14-24-69-56)72-61(81)85-52-31-53(76)73(9)48-28-40(27-38(4)55(48)67)26-37(3)16-13-20-51(83-10)64(82)32-50(84-54(77)33-64)39(5)57-63(52,8)86-57/h13-14,16,18,20-22,24,27-28,36,39,42,45-46,50-52,57,82H,11-12,15,17,19,23,25-26,29-35H2,1-10H3,(H,71,78)(H,72,81)(H3,68,70,80)/b20-13+,37-16+/t39-,45+,46+,50+,51-,52+,57+,63+,64-/m1/s1. The van der Waals surface area contributed by atoms with Crippen LogP contribution in [0.1, 0.15) is 129 Å². The first-order valence-electron chi connectivity index (χ1n) is 29.6. The molecule has 2 aromatic carbocycles. The highest BCUT2D eigenvalue weighted by Crippen LogP contribution is 2.50. The first kappa shape index (κ1) is 70.3. The van der Waals surface area contributed by atoms with Crippen LogP contribution in [0.2, 0.25) is 5.02 Å². The number of allylic oxidation sites excluding steroid dienone is 3. The molecular formula is C64H85Br2ClN6O14. The Morgan fingerprint density at radius 3 is 2.45 bits per heavy atom. The highest BCUT2D eigenvalue weighted by Gasteiger charge is 2.64. The van der Waals surface area contributed by atoms with E-state index in [0.717, 1.165) is 16.7 Å². The highest BCUT2D eigenvalue weighted by molar-refractivity contribution is 9.09. The molecule has 9 atom stereocenters. The Morgan fingerprint density at radius 1 is 1.05 bits per heavy atom. The van der Waals surface area contributed by atoms with Gasteiger partial charge >= 0.3 is 24.1 Å². The number of nitrogens with one attached hydrogen (secondary N) is 3. The minimum atomic E-state index is -1.64. The Labute approximate surface area is 531 Å². The van der Waals surface area contributed by atoms with Crippen molar-refractivity contribution < 1.29 is 67.1 Å². The van der Waals surface area contributed by atoms with Crippen LogP contribution in [0.25, 0.3) is 10.9 Å². The Balaban J connectivity index is 1.20. The number of urea groups is 1. The number of halogens is 3. The van der Waals surface area contributed by atoms with Crippen LogP contribution >= 0.6 is 43.5 Å². The SMILES string of the molecule is CO[C@@H]1/C=C/C=C(\C)Cc2cc(C)c(Cl)c(c2)N(C)C(=O)C[C@H](OC(=O)Nc2ccc(CC(=O)[C@H](CCCNC(N)=O)NC(=O)[C@@H](CC(=O)CCCCC(C)(C)OC(=O)C(CBr)CBr)C(C)C)c3cccnc23)[C@]2(C)O[C@H]2[C@H](C)[C@@H]2C[C@@]1(O)CC(=O)O2. The van der Waals surface area contributed by atoms with E-state index in [2.05, 4.69) is 52.8 Å². The number of hydrogen-bond acceptors (Lipinski definition) is 15. The molecule has 0 radical (unpaired) electrons. The van der Waals surface area contributed by atoms with E-state index in [9.17, 15) is 43.5 Å². The Kier molecular flexibility index (Phi) is 25.1. The number of carbonyl (C=O) groups excluding carboxylic acids is 8. The maximum absolute atomic E-state index is 14.5. The average molecular weight is 1360 g/mol. The van der Waals surface area contributed by atoms with Crippen molar-refractivity contribution in [3.05, 3.63) is 88.1 Å². The molecule has 2 fully saturated rings. The fourth-order valence-electron chi connectivity index (χ4n) is 11.5. The molecule has 1 aromatic heterocycles. The van der Waals surface area contributed by atoms with Gasteiger partial charge in [-0.15, -0.1) is 0 Å². The summed E-state index contributed by atoms with van der Waals surface area (Å²) in [6.07, 6.45) is 4.17. The zero-order valence-electron chi connectivity index (χ0n) is 51.4. The number of aromatic nitrogens is 1. The van der Waals surface area contributed by atoms with Gasteiger partial charge in [0.2, 0.25) is 11.8 Å². The second kappa shape index (κ2) is 31.1. The van der Waals surface area contributed by atoms with Crippen LogP contribution < -0.4 is 26.6 Å². The molecule has 3 aliphatic rings. The van der Waals surface area contributed by atoms with Crippen molar-refractivity contribution in [1.82, 2.24) is 15.6 Å². The predicted molar refractivity (Wildman–Crippen MR) is 339 cm³/mol. The minimum Gasteiger partial charge on any atom is -0.462 e. The zero-order chi connectivity index (χ0) is 64.1. The van der Waals surface area contributed by atoms with Gasteiger partial charge in [0.1, 0.15) is 40.9 Å². The number of pyridine rings is 1. The number of aryl methyl sites for hydroxylation is 1. The molecule has 0 unspecified atom stereocenters. The summed E-state index contributed by atoms with van der Waals surface area (Å²) in [5, 5.41) is 22.1. The van der Waals surface area contributed by atoms with E-state index in [1.165, 1.54) is 18.2 Å². The number of epoxide rings is 1. The Bertz CT molecular complexity index is 3080. The molecule has 3 aromatic rings. The molecule has 0 aliphatic carbocycles. The third-order valence-electron chi connectivity index (χ3n) is 16.7. The molecule has 6 N–H and O–H groups in total. The summed E-state index contributed by atoms with van der Waals surface area (Å²) in [5.74, 6) is -4.24. The van der Waals surface area contributed by atoms with E-state index < -0.39 is 89.0 Å². The second-order valence-corrected chi connectivity index (χ2v) is 26.2. The number of rotatable bonds is 24. The fraction of sp³-hybridized carbons (Fsp3) is 0.578. The molecule has 87 heavy (non-hydrogen) atoms. The topological polar surface area (TPSA) is 284 Å². The molecule has 23 heteroatoms. The number of anilines is 2. The highest BCUT2D eigenvalue weighted by atomic mass is 79.9. The average Bonchev–Trinajstić information content (AvgIpc) is 1.60. The summed E-state index contributed by atoms with van der Waals surface area (Å²) < 4.78 is 30.0. The number of nitrogens with zero attached hydrogens (tertiary/aromatic N) is 2. The number of Topliss-reactive ketones (excluding diaryl/α,β-unsaturated/α-hetero) is 2. The molecule has 4 heterocycles. The van der Waals surface area contributed by atoms with Crippen LogP contribution in [0, 0.1) is 30.6 Å². The van der Waals surface area contributed by atoms with Gasteiger partial charge in [-0.2, -0.15) is 0 Å². The number of benzene rings is 2. The fourth-order valence-corrected chi connectivity index (χ4v) is 13.3. The second-order valence-electron chi connectivity index (χ2n) is 24.5. The molecule has 4 bridgehead atoms. The lowest BCUT2D eigenvalue weighted by atomic mass is 9.78. The van der Waals surface area contributed by atoms with Gasteiger partial charge in [0.05, 0.1) is 52.8 Å². The molecule has 6 rings (SSSR count). The van der Waals surface area contributed by atoms with Crippen LogP contribution in [0.5, 0.6) is 0 Å². The van der Waals surface area contributed by atoms with Gasteiger partial charge in [-0.05, 0) is 114 Å². The number of alkyl halides is 2. The normalized spacial score (nSPS) is 24.2. The van der Waals surface area contributed by atoms with E-state index in [1.807, 2.05) is 59.8 Å². The molecule has 0 saturated carbocycles. The Hall–Kier alpha value is -5.78. The third kappa shape index (κ3) is 18.9. The first-order valence-corrected chi connectivity index (χ1v) is 32.2. The number of nitrogens with two attached hydrogens (primary N) is 1. The number of hydrogen-bond donors (Lipinski definition) is 5. The number of amides is 5. The van der Waals surface area contributed by atoms with Gasteiger partial charge in [0, 0.05) is 80.5 Å². The van der Waals surface area contributed by atoms with Gasteiger partial charge in [-0.3, -0.25) is 39.1 Å². The largest absolute Gasteiger partial charge is 0.462 e. The van der Waals surface area contributed by atoms with Crippen molar-refractivity contribution in [2.75, 3.05) is 41.6 Å². The van der Waals surface area contributed by atoms with E-state index in [-0.39, 0.29) is 93.0 Å². The molecular weight excluding hydrogens is 1270 g/mol. The number of aliphatic hydroxyl groups is 1. The summed E-state index contributed by atoms with van der Waals surface area (Å²) >= 11 is 13.6. The summed E-state index contributed by atoms with van der Waals surface area (Å²) in [6, 6.07) is 8.65. The molecule has 20 nitrogen and oxygen atoms in total. The lowest BCUT2D eigenvalue weighted by Gasteiger charge is -2.41. The zero-order valence-corrected chi connectivity index (χ0v) is 55.4. The van der Waals surface area contributed by atoms with E-state index in [0.29, 0.717) is 63.5 Å². The quantitative estimate of drug-likeness (QED) is 0.0183. The summed E-state index contributed by atoms with van der Waals surface area (Å²) in [5.41, 5.74) is 5.70. The number of ether oxygens (including phenoxy) is 5. The summed E-state index contributed by atoms with van der Waals surface area (Å²) in [7, 11) is 3.06. The Morgan fingerprint density at radius 2 is 1.77 bits per heavy atom. The first-order chi connectivity index (χ1) is 41.0. The lowest BCUT2D eigenvalue weighted by Crippen LogP contribution is -2.53. The van der Waals surface area contributed by atoms with Crippen molar-refractivity contribution >= 4 is 113 Å². The maximum Gasteiger partial charge on any atom is 0.412 e. The number of esters is 2. The van der Waals surface area contributed by atoms with Crippen molar-refractivity contribution in [2.24, 2.45) is 29.4 Å². The van der Waals surface area contributed by atoms with Gasteiger partial charge in [0.15, 0.2) is 5.78 Å². The molecule has 2 saturated heterocycles. The van der Waals surface area contributed by atoms with E-state index >= 15 is 0 Å². The number of methoxy groups -OCH3 is 1. The minimum absolute atomic E-state index is 0.00579. The number of ketones is 2. The third-order valence-corrected chi connectivity index (χ3v) is 18.8. The number of unbranched alkanes of at least 4 members (excludes halogenated alkanes) is 1. The molecule has 3 aliphatic heterocycles. The van der Waals surface area contributed by atoms with Crippen molar-refractivity contribution in [1.29, 1.82) is 0 Å². The monoisotopic (exact) mass is 1350 g/mol.